The molecular weight excluding hydrogens is 230 g/mol. The number of nitrogens with two attached hydrogens (primary N) is 1. The molecule has 0 aliphatic heterocycles. The minimum absolute atomic E-state index is 0.389. The van der Waals surface area contributed by atoms with E-state index >= 15 is 0 Å². The predicted octanol–water partition coefficient (Wildman–Crippen LogP) is 1.51. The zero-order valence-corrected chi connectivity index (χ0v) is 10.4. The first-order chi connectivity index (χ1) is 8.70. The lowest BCUT2D eigenvalue weighted by molar-refractivity contribution is 0.415. The van der Waals surface area contributed by atoms with E-state index < -0.39 is 0 Å². The summed E-state index contributed by atoms with van der Waals surface area (Å²) in [4.78, 5) is 0. The highest BCUT2D eigenvalue weighted by atomic mass is 16.5. The van der Waals surface area contributed by atoms with Crippen LogP contribution in [0, 0.1) is 5.92 Å². The number of benzene rings is 1. The number of nitrogen functional groups attached to an aromatic ring is 1. The fourth-order valence-electron chi connectivity index (χ4n) is 2.09. The fraction of sp³-hybridized carbons (Fsp3) is 0.417. The Balaban J connectivity index is 2.06. The first kappa shape index (κ1) is 11.0. The van der Waals surface area contributed by atoms with Crippen molar-refractivity contribution < 1.29 is 4.74 Å². The predicted molar refractivity (Wildman–Crippen MR) is 67.0 cm³/mol. The minimum Gasteiger partial charge on any atom is -0.497 e. The van der Waals surface area contributed by atoms with Crippen LogP contribution in [0.1, 0.15) is 19.4 Å². The van der Waals surface area contributed by atoms with Gasteiger partial charge in [-0.15, -0.1) is 5.10 Å². The topological polar surface area (TPSA) is 78.8 Å². The summed E-state index contributed by atoms with van der Waals surface area (Å²) in [6.07, 6.45) is 1.11. The van der Waals surface area contributed by atoms with Crippen molar-refractivity contribution in [2.75, 3.05) is 12.8 Å². The molecule has 6 heteroatoms. The van der Waals surface area contributed by atoms with Gasteiger partial charge in [-0.1, -0.05) is 6.92 Å². The Labute approximate surface area is 105 Å². The molecule has 1 aliphatic carbocycles. The van der Waals surface area contributed by atoms with Gasteiger partial charge >= 0.3 is 0 Å². The van der Waals surface area contributed by atoms with Crippen LogP contribution in [0.4, 0.5) is 5.69 Å². The van der Waals surface area contributed by atoms with Gasteiger partial charge in [-0.25, -0.2) is 4.68 Å². The molecule has 2 N–H and O–H groups in total. The van der Waals surface area contributed by atoms with Crippen LogP contribution < -0.4 is 10.5 Å². The Morgan fingerprint density at radius 3 is 2.89 bits per heavy atom. The third-order valence-corrected chi connectivity index (χ3v) is 3.38. The third kappa shape index (κ3) is 1.70. The molecule has 6 nitrogen and oxygen atoms in total. The largest absolute Gasteiger partial charge is 0.497 e. The lowest BCUT2D eigenvalue weighted by Crippen LogP contribution is -2.03. The van der Waals surface area contributed by atoms with E-state index in [1.807, 2.05) is 22.9 Å². The van der Waals surface area contributed by atoms with Crippen molar-refractivity contribution in [1.29, 1.82) is 0 Å². The molecule has 0 saturated heterocycles. The highest BCUT2D eigenvalue weighted by molar-refractivity contribution is 5.73. The Morgan fingerprint density at radius 1 is 1.44 bits per heavy atom. The number of hydrogen-bond acceptors (Lipinski definition) is 5. The van der Waals surface area contributed by atoms with Gasteiger partial charge in [0, 0.05) is 11.3 Å². The SMILES string of the molecule is COc1ccc(N)c(-c2nnnn2C2CC2C)c1. The summed E-state index contributed by atoms with van der Waals surface area (Å²) in [5, 5.41) is 11.9. The van der Waals surface area contributed by atoms with Gasteiger partial charge in [-0.3, -0.25) is 0 Å². The Kier molecular flexibility index (Phi) is 2.43. The first-order valence-electron chi connectivity index (χ1n) is 5.92. The third-order valence-electron chi connectivity index (χ3n) is 3.38. The van der Waals surface area contributed by atoms with Gasteiger partial charge in [0.2, 0.25) is 0 Å². The van der Waals surface area contributed by atoms with E-state index in [1.165, 1.54) is 0 Å². The summed E-state index contributed by atoms with van der Waals surface area (Å²) in [6, 6.07) is 5.89. The van der Waals surface area contributed by atoms with Gasteiger partial charge in [0.15, 0.2) is 5.82 Å². The molecule has 1 aliphatic rings. The molecule has 0 spiro atoms. The van der Waals surface area contributed by atoms with E-state index in [9.17, 15) is 0 Å². The summed E-state index contributed by atoms with van der Waals surface area (Å²) >= 11 is 0. The van der Waals surface area contributed by atoms with Crippen molar-refractivity contribution in [3.05, 3.63) is 18.2 Å². The van der Waals surface area contributed by atoms with Crippen molar-refractivity contribution in [1.82, 2.24) is 20.2 Å². The summed E-state index contributed by atoms with van der Waals surface area (Å²) in [5.74, 6) is 2.08. The van der Waals surface area contributed by atoms with E-state index in [0.717, 1.165) is 17.7 Å². The van der Waals surface area contributed by atoms with Gasteiger partial charge in [0.05, 0.1) is 13.2 Å². The number of aromatic nitrogens is 4. The van der Waals surface area contributed by atoms with Crippen molar-refractivity contribution in [3.8, 4) is 17.1 Å². The summed E-state index contributed by atoms with van der Waals surface area (Å²) in [5.41, 5.74) is 7.47. The second kappa shape index (κ2) is 3.97. The van der Waals surface area contributed by atoms with Crippen LogP contribution in [0.25, 0.3) is 11.4 Å². The molecule has 94 valence electrons. The van der Waals surface area contributed by atoms with E-state index in [-0.39, 0.29) is 0 Å². The second-order valence-corrected chi connectivity index (χ2v) is 4.68. The number of nitrogens with zero attached hydrogens (tertiary/aromatic N) is 4. The standard InChI is InChI=1S/C12H15N5O/c1-7-5-11(7)17-12(14-15-16-17)9-6-8(18-2)3-4-10(9)13/h3-4,6-7,11H,5,13H2,1-2H3. The van der Waals surface area contributed by atoms with Crippen molar-refractivity contribution in [2.24, 2.45) is 5.92 Å². The highest BCUT2D eigenvalue weighted by Gasteiger charge is 2.37. The van der Waals surface area contributed by atoms with Crippen molar-refractivity contribution in [3.63, 3.8) is 0 Å². The Bertz CT molecular complexity index is 580. The lowest BCUT2D eigenvalue weighted by Gasteiger charge is -2.08. The van der Waals surface area contributed by atoms with Crippen molar-refractivity contribution >= 4 is 5.69 Å². The number of ether oxygens (including phenoxy) is 1. The fourth-order valence-corrected chi connectivity index (χ4v) is 2.09. The lowest BCUT2D eigenvalue weighted by atomic mass is 10.1. The average molecular weight is 245 g/mol. The van der Waals surface area contributed by atoms with Crippen LogP contribution in [0.5, 0.6) is 5.75 Å². The summed E-state index contributed by atoms with van der Waals surface area (Å²) < 4.78 is 7.07. The van der Waals surface area contributed by atoms with Crippen molar-refractivity contribution in [2.45, 2.75) is 19.4 Å². The van der Waals surface area contributed by atoms with E-state index in [1.54, 1.807) is 7.11 Å². The number of hydrogen-bond donors (Lipinski definition) is 1. The number of methoxy groups -OCH3 is 1. The molecule has 18 heavy (non-hydrogen) atoms. The zero-order chi connectivity index (χ0) is 12.7. The molecule has 0 amide bonds. The number of rotatable bonds is 3. The Hall–Kier alpha value is -2.11. The van der Waals surface area contributed by atoms with E-state index in [2.05, 4.69) is 22.4 Å². The van der Waals surface area contributed by atoms with Gasteiger partial charge in [-0.2, -0.15) is 0 Å². The highest BCUT2D eigenvalue weighted by Crippen LogP contribution is 2.44. The van der Waals surface area contributed by atoms with Gasteiger partial charge in [0.1, 0.15) is 5.75 Å². The van der Waals surface area contributed by atoms with Gasteiger partial charge in [-0.05, 0) is 41.0 Å². The molecule has 3 rings (SSSR count). The summed E-state index contributed by atoms with van der Waals surface area (Å²) in [7, 11) is 1.63. The monoisotopic (exact) mass is 245 g/mol. The quantitative estimate of drug-likeness (QED) is 0.829. The zero-order valence-electron chi connectivity index (χ0n) is 10.4. The molecule has 2 unspecified atom stereocenters. The molecule has 1 fully saturated rings. The maximum Gasteiger partial charge on any atom is 0.184 e. The molecule has 1 aromatic heterocycles. The smallest absolute Gasteiger partial charge is 0.184 e. The number of tetrazole rings is 1. The van der Waals surface area contributed by atoms with Crippen LogP contribution >= 0.6 is 0 Å². The van der Waals surface area contributed by atoms with Crippen LogP contribution in [0.15, 0.2) is 18.2 Å². The van der Waals surface area contributed by atoms with Crippen LogP contribution in [0.3, 0.4) is 0 Å². The van der Waals surface area contributed by atoms with E-state index in [0.29, 0.717) is 23.5 Å². The maximum absolute atomic E-state index is 6.00. The maximum atomic E-state index is 6.00. The summed E-state index contributed by atoms with van der Waals surface area (Å²) in [6.45, 7) is 2.19. The first-order valence-corrected chi connectivity index (χ1v) is 5.92. The molecule has 1 saturated carbocycles. The van der Waals surface area contributed by atoms with E-state index in [4.69, 9.17) is 10.5 Å². The normalized spacial score (nSPS) is 21.9. The molecule has 2 aromatic rings. The Morgan fingerprint density at radius 2 is 2.22 bits per heavy atom. The van der Waals surface area contributed by atoms with Gasteiger partial charge in [0.25, 0.3) is 0 Å². The second-order valence-electron chi connectivity index (χ2n) is 4.68. The minimum atomic E-state index is 0.389. The molecule has 0 bridgehead atoms. The van der Waals surface area contributed by atoms with Crippen LogP contribution in [0.2, 0.25) is 0 Å². The average Bonchev–Trinajstić information content (AvgIpc) is 2.92. The van der Waals surface area contributed by atoms with Crippen LogP contribution in [-0.4, -0.2) is 27.3 Å². The molecule has 2 atom stereocenters. The molecule has 1 heterocycles. The van der Waals surface area contributed by atoms with Crippen LogP contribution in [-0.2, 0) is 0 Å². The number of anilines is 1. The molecular formula is C12H15N5O. The molecule has 1 aromatic carbocycles. The van der Waals surface area contributed by atoms with Gasteiger partial charge < -0.3 is 10.5 Å². The molecule has 0 radical (unpaired) electrons.